The van der Waals surface area contributed by atoms with Crippen molar-refractivity contribution in [3.8, 4) is 0 Å². The Labute approximate surface area is 68.6 Å². The van der Waals surface area contributed by atoms with Crippen molar-refractivity contribution in [2.24, 2.45) is 11.3 Å². The minimum atomic E-state index is -0.688. The lowest BCUT2D eigenvalue weighted by Crippen LogP contribution is -2.19. The predicted octanol–water partition coefficient (Wildman–Crippen LogP) is 2.53. The highest BCUT2D eigenvalue weighted by atomic mass is 16.4. The molecule has 0 amide bonds. The molecule has 1 unspecified atom stereocenters. The summed E-state index contributed by atoms with van der Waals surface area (Å²) < 4.78 is 0. The quantitative estimate of drug-likeness (QED) is 0.682. The van der Waals surface area contributed by atoms with Crippen LogP contribution in [0.1, 0.15) is 40.5 Å². The first-order chi connectivity index (χ1) is 4.89. The Balaban J connectivity index is 3.93. The Morgan fingerprint density at radius 1 is 1.55 bits per heavy atom. The van der Waals surface area contributed by atoms with Gasteiger partial charge in [-0.1, -0.05) is 34.1 Å². The molecule has 1 atom stereocenters. The Kier molecular flexibility index (Phi) is 3.56. The topological polar surface area (TPSA) is 37.3 Å². The zero-order valence-electron chi connectivity index (χ0n) is 7.85. The molecule has 2 nitrogen and oxygen atoms in total. The van der Waals surface area contributed by atoms with Crippen molar-refractivity contribution in [3.63, 3.8) is 0 Å². The summed E-state index contributed by atoms with van der Waals surface area (Å²) in [4.78, 5) is 10.5. The molecule has 2 heteroatoms. The summed E-state index contributed by atoms with van der Waals surface area (Å²) in [5.41, 5.74) is 0.164. The van der Waals surface area contributed by atoms with Gasteiger partial charge in [-0.05, 0) is 11.8 Å². The number of aliphatic carboxylic acids is 1. The fraction of sp³-hybridized carbons (Fsp3) is 0.889. The normalized spacial score (nSPS) is 14.5. The van der Waals surface area contributed by atoms with Crippen molar-refractivity contribution in [3.05, 3.63) is 0 Å². The lowest BCUT2D eigenvalue weighted by molar-refractivity contribution is -0.142. The van der Waals surface area contributed by atoms with E-state index in [1.807, 2.05) is 0 Å². The molecular weight excluding hydrogens is 140 g/mol. The number of hydrogen-bond acceptors (Lipinski definition) is 1. The Morgan fingerprint density at radius 3 is 2.27 bits per heavy atom. The second kappa shape index (κ2) is 3.74. The first-order valence-corrected chi connectivity index (χ1v) is 4.12. The van der Waals surface area contributed by atoms with Crippen LogP contribution in [0.4, 0.5) is 0 Å². The average Bonchev–Trinajstić information content (AvgIpc) is 1.87. The zero-order chi connectivity index (χ0) is 9.07. The van der Waals surface area contributed by atoms with Gasteiger partial charge in [-0.3, -0.25) is 4.79 Å². The van der Waals surface area contributed by atoms with Crippen LogP contribution >= 0.6 is 0 Å². The van der Waals surface area contributed by atoms with E-state index in [0.717, 1.165) is 12.8 Å². The maximum atomic E-state index is 10.5. The fourth-order valence-corrected chi connectivity index (χ4v) is 1.06. The van der Waals surface area contributed by atoms with E-state index in [4.69, 9.17) is 5.11 Å². The molecule has 0 aromatic heterocycles. The van der Waals surface area contributed by atoms with Gasteiger partial charge in [-0.15, -0.1) is 0 Å². The molecule has 1 N–H and O–H groups in total. The van der Waals surface area contributed by atoms with Gasteiger partial charge in [0.25, 0.3) is 0 Å². The van der Waals surface area contributed by atoms with Gasteiger partial charge in [0.15, 0.2) is 0 Å². The third-order valence-electron chi connectivity index (χ3n) is 2.24. The zero-order valence-corrected chi connectivity index (χ0v) is 7.85. The Hall–Kier alpha value is -0.530. The first kappa shape index (κ1) is 10.5. The molecule has 0 saturated heterocycles. The van der Waals surface area contributed by atoms with Crippen LogP contribution in [-0.4, -0.2) is 11.1 Å². The third kappa shape index (κ3) is 4.02. The smallest absolute Gasteiger partial charge is 0.306 e. The SMILES string of the molecule is CCC(C)(C)CC(C)C(=O)O. The number of carboxylic acid groups (broad SMARTS) is 1. The van der Waals surface area contributed by atoms with Crippen LogP contribution in [0, 0.1) is 11.3 Å². The van der Waals surface area contributed by atoms with Gasteiger partial charge in [-0.25, -0.2) is 0 Å². The number of hydrogen-bond donors (Lipinski definition) is 1. The first-order valence-electron chi connectivity index (χ1n) is 4.12. The van der Waals surface area contributed by atoms with Crippen LogP contribution < -0.4 is 0 Å². The second-order valence-corrected chi connectivity index (χ2v) is 3.96. The van der Waals surface area contributed by atoms with Crippen LogP contribution in [0.2, 0.25) is 0 Å². The standard InChI is InChI=1S/C9H18O2/c1-5-9(3,4)6-7(2)8(10)11/h7H,5-6H2,1-4H3,(H,10,11). The molecule has 0 aromatic carbocycles. The summed E-state index contributed by atoms with van der Waals surface area (Å²) in [6.45, 7) is 8.06. The summed E-state index contributed by atoms with van der Waals surface area (Å²) in [5.74, 6) is -0.906. The van der Waals surface area contributed by atoms with E-state index in [0.29, 0.717) is 0 Å². The highest BCUT2D eigenvalue weighted by Crippen LogP contribution is 2.28. The molecule has 0 rings (SSSR count). The van der Waals surface area contributed by atoms with Gasteiger partial charge in [0.1, 0.15) is 0 Å². The fourth-order valence-electron chi connectivity index (χ4n) is 1.06. The van der Waals surface area contributed by atoms with E-state index in [1.165, 1.54) is 0 Å². The highest BCUT2D eigenvalue weighted by molar-refractivity contribution is 5.69. The molecular formula is C9H18O2. The molecule has 11 heavy (non-hydrogen) atoms. The lowest BCUT2D eigenvalue weighted by atomic mass is 9.81. The van der Waals surface area contributed by atoms with Gasteiger partial charge in [-0.2, -0.15) is 0 Å². The number of carboxylic acids is 1. The van der Waals surface area contributed by atoms with Crippen LogP contribution in [0.3, 0.4) is 0 Å². The summed E-state index contributed by atoms with van der Waals surface area (Å²) in [5, 5.41) is 8.64. The summed E-state index contributed by atoms with van der Waals surface area (Å²) in [6.07, 6.45) is 1.80. The maximum absolute atomic E-state index is 10.5. The molecule has 0 aliphatic heterocycles. The van der Waals surface area contributed by atoms with Gasteiger partial charge < -0.3 is 5.11 Å². The van der Waals surface area contributed by atoms with Crippen molar-refractivity contribution in [1.82, 2.24) is 0 Å². The van der Waals surface area contributed by atoms with Gasteiger partial charge in [0.2, 0.25) is 0 Å². The molecule has 0 aliphatic carbocycles. The molecule has 0 aromatic rings. The highest BCUT2D eigenvalue weighted by Gasteiger charge is 2.22. The minimum Gasteiger partial charge on any atom is -0.481 e. The Bertz CT molecular complexity index is 138. The lowest BCUT2D eigenvalue weighted by Gasteiger charge is -2.24. The summed E-state index contributed by atoms with van der Waals surface area (Å²) in [7, 11) is 0. The van der Waals surface area contributed by atoms with Crippen molar-refractivity contribution in [2.75, 3.05) is 0 Å². The van der Waals surface area contributed by atoms with Gasteiger partial charge in [0.05, 0.1) is 5.92 Å². The molecule has 0 fully saturated rings. The van der Waals surface area contributed by atoms with E-state index in [9.17, 15) is 4.79 Å². The van der Waals surface area contributed by atoms with E-state index in [1.54, 1.807) is 6.92 Å². The largest absolute Gasteiger partial charge is 0.481 e. The van der Waals surface area contributed by atoms with E-state index in [2.05, 4.69) is 20.8 Å². The molecule has 0 bridgehead atoms. The molecule has 0 spiro atoms. The predicted molar refractivity (Wildman–Crippen MR) is 45.5 cm³/mol. The van der Waals surface area contributed by atoms with Crippen LogP contribution in [0.15, 0.2) is 0 Å². The molecule has 0 heterocycles. The van der Waals surface area contributed by atoms with Gasteiger partial charge >= 0.3 is 5.97 Å². The van der Waals surface area contributed by atoms with Crippen molar-refractivity contribution >= 4 is 5.97 Å². The number of rotatable bonds is 4. The third-order valence-corrected chi connectivity index (χ3v) is 2.24. The Morgan fingerprint density at radius 2 is 2.00 bits per heavy atom. The van der Waals surface area contributed by atoms with E-state index < -0.39 is 5.97 Å². The van der Waals surface area contributed by atoms with E-state index in [-0.39, 0.29) is 11.3 Å². The van der Waals surface area contributed by atoms with Crippen LogP contribution in [0.5, 0.6) is 0 Å². The number of carbonyl (C=O) groups is 1. The van der Waals surface area contributed by atoms with Gasteiger partial charge in [0, 0.05) is 0 Å². The minimum absolute atomic E-state index is 0.164. The second-order valence-electron chi connectivity index (χ2n) is 3.96. The van der Waals surface area contributed by atoms with Crippen LogP contribution in [0.25, 0.3) is 0 Å². The van der Waals surface area contributed by atoms with Crippen molar-refractivity contribution < 1.29 is 9.90 Å². The molecule has 0 radical (unpaired) electrons. The monoisotopic (exact) mass is 158 g/mol. The van der Waals surface area contributed by atoms with Crippen LogP contribution in [-0.2, 0) is 4.79 Å². The molecule has 0 saturated carbocycles. The average molecular weight is 158 g/mol. The molecule has 66 valence electrons. The summed E-state index contributed by atoms with van der Waals surface area (Å²) in [6, 6.07) is 0. The van der Waals surface area contributed by atoms with Crippen molar-refractivity contribution in [1.29, 1.82) is 0 Å². The molecule has 0 aliphatic rings. The van der Waals surface area contributed by atoms with E-state index >= 15 is 0 Å². The van der Waals surface area contributed by atoms with Crippen molar-refractivity contribution in [2.45, 2.75) is 40.5 Å². The maximum Gasteiger partial charge on any atom is 0.306 e. The summed E-state index contributed by atoms with van der Waals surface area (Å²) >= 11 is 0.